The predicted octanol–water partition coefficient (Wildman–Crippen LogP) is 0.281. The van der Waals surface area contributed by atoms with E-state index >= 15 is 0 Å². The lowest BCUT2D eigenvalue weighted by Gasteiger charge is -2.26. The quantitative estimate of drug-likeness (QED) is 0.729. The molecular weight excluding hydrogens is 224 g/mol. The summed E-state index contributed by atoms with van der Waals surface area (Å²) in [5.74, 6) is -1.23. The lowest BCUT2D eigenvalue weighted by Crippen LogP contribution is -2.47. The van der Waals surface area contributed by atoms with E-state index in [0.29, 0.717) is 26.1 Å². The van der Waals surface area contributed by atoms with Crippen LogP contribution in [0.3, 0.4) is 0 Å². The molecular formula is C11H18N2O4. The normalized spacial score (nSPS) is 29.1. The highest BCUT2D eigenvalue weighted by Crippen LogP contribution is 2.16. The molecule has 2 amide bonds. The fourth-order valence-electron chi connectivity index (χ4n) is 2.27. The summed E-state index contributed by atoms with van der Waals surface area (Å²) in [7, 11) is 0. The monoisotopic (exact) mass is 242 g/mol. The average Bonchev–Trinajstić information content (AvgIpc) is 2.79. The van der Waals surface area contributed by atoms with Crippen LogP contribution < -0.4 is 5.32 Å². The molecule has 6 nitrogen and oxygen atoms in total. The van der Waals surface area contributed by atoms with Crippen LogP contribution in [0.15, 0.2) is 0 Å². The van der Waals surface area contributed by atoms with Crippen LogP contribution in [0.4, 0.5) is 4.79 Å². The number of carboxylic acid groups (broad SMARTS) is 1. The van der Waals surface area contributed by atoms with Gasteiger partial charge in [0.2, 0.25) is 0 Å². The smallest absolute Gasteiger partial charge is 0.317 e. The Bertz CT molecular complexity index is 302. The van der Waals surface area contributed by atoms with Crippen molar-refractivity contribution in [1.29, 1.82) is 0 Å². The molecule has 0 spiro atoms. The van der Waals surface area contributed by atoms with Gasteiger partial charge in [-0.1, -0.05) is 0 Å². The second kappa shape index (κ2) is 5.35. The van der Waals surface area contributed by atoms with Crippen LogP contribution in [0, 0.1) is 5.92 Å². The summed E-state index contributed by atoms with van der Waals surface area (Å²) in [6, 6.07) is -0.0932. The lowest BCUT2D eigenvalue weighted by atomic mass is 10.1. The van der Waals surface area contributed by atoms with Gasteiger partial charge in [-0.05, 0) is 19.3 Å². The van der Waals surface area contributed by atoms with Gasteiger partial charge in [0, 0.05) is 19.7 Å². The van der Waals surface area contributed by atoms with Gasteiger partial charge in [-0.3, -0.25) is 4.79 Å². The molecule has 0 bridgehead atoms. The molecule has 2 rings (SSSR count). The summed E-state index contributed by atoms with van der Waals surface area (Å²) in [5.41, 5.74) is 0. The second-order valence-electron chi connectivity index (χ2n) is 4.63. The molecule has 2 atom stereocenters. The average molecular weight is 242 g/mol. The maximum atomic E-state index is 11.8. The van der Waals surface area contributed by atoms with Crippen molar-refractivity contribution in [3.8, 4) is 0 Å². The number of aliphatic carboxylic acids is 1. The van der Waals surface area contributed by atoms with E-state index in [2.05, 4.69) is 5.32 Å². The first kappa shape index (κ1) is 12.2. The molecule has 17 heavy (non-hydrogen) atoms. The third-order valence-electron chi connectivity index (χ3n) is 3.31. The van der Waals surface area contributed by atoms with Gasteiger partial charge in [0.25, 0.3) is 0 Å². The third-order valence-corrected chi connectivity index (χ3v) is 3.31. The molecule has 0 aliphatic carbocycles. The number of carbonyl (C=O) groups excluding carboxylic acids is 1. The Labute approximate surface area is 99.9 Å². The number of carbonyl (C=O) groups is 2. The van der Waals surface area contributed by atoms with Gasteiger partial charge in [-0.25, -0.2) is 4.79 Å². The summed E-state index contributed by atoms with van der Waals surface area (Å²) in [5, 5.41) is 11.7. The number of rotatable bonds is 2. The third kappa shape index (κ3) is 3.09. The predicted molar refractivity (Wildman–Crippen MR) is 59.7 cm³/mol. The number of hydrogen-bond donors (Lipinski definition) is 2. The second-order valence-corrected chi connectivity index (χ2v) is 4.63. The van der Waals surface area contributed by atoms with Crippen molar-refractivity contribution in [3.05, 3.63) is 0 Å². The zero-order valence-electron chi connectivity index (χ0n) is 9.72. The zero-order chi connectivity index (χ0) is 12.3. The van der Waals surface area contributed by atoms with Crippen molar-refractivity contribution in [2.45, 2.75) is 25.3 Å². The highest BCUT2D eigenvalue weighted by atomic mass is 16.5. The molecule has 0 aromatic heterocycles. The fraction of sp³-hybridized carbons (Fsp3) is 0.818. The number of carboxylic acids is 1. The van der Waals surface area contributed by atoms with E-state index in [4.69, 9.17) is 9.84 Å². The first-order valence-electron chi connectivity index (χ1n) is 6.03. The Kier molecular flexibility index (Phi) is 3.83. The highest BCUT2D eigenvalue weighted by molar-refractivity contribution is 5.77. The number of ether oxygens (including phenoxy) is 1. The zero-order valence-corrected chi connectivity index (χ0v) is 9.72. The molecule has 2 saturated heterocycles. The molecule has 96 valence electrons. The molecule has 0 aromatic rings. The van der Waals surface area contributed by atoms with E-state index in [1.54, 1.807) is 4.90 Å². The lowest BCUT2D eigenvalue weighted by molar-refractivity contribution is -0.141. The molecule has 2 heterocycles. The number of urea groups is 1. The van der Waals surface area contributed by atoms with Gasteiger partial charge in [0.15, 0.2) is 0 Å². The number of amides is 2. The maximum Gasteiger partial charge on any atom is 0.317 e. The number of likely N-dealkylation sites (tertiary alicyclic amines) is 1. The summed E-state index contributed by atoms with van der Waals surface area (Å²) < 4.78 is 5.28. The Hall–Kier alpha value is -1.30. The minimum absolute atomic E-state index is 0.0696. The van der Waals surface area contributed by atoms with Crippen LogP contribution in [-0.4, -0.2) is 54.4 Å². The highest BCUT2D eigenvalue weighted by Gasteiger charge is 2.31. The minimum atomic E-state index is -0.818. The van der Waals surface area contributed by atoms with Gasteiger partial charge < -0.3 is 20.1 Å². The van der Waals surface area contributed by atoms with Crippen LogP contribution in [0.2, 0.25) is 0 Å². The molecule has 0 aromatic carbocycles. The van der Waals surface area contributed by atoms with Crippen LogP contribution in [0.25, 0.3) is 0 Å². The molecule has 2 N–H and O–H groups in total. The molecule has 0 radical (unpaired) electrons. The van der Waals surface area contributed by atoms with Crippen molar-refractivity contribution in [3.63, 3.8) is 0 Å². The number of nitrogens with one attached hydrogen (secondary N) is 1. The van der Waals surface area contributed by atoms with Crippen molar-refractivity contribution in [2.75, 3.05) is 26.3 Å². The van der Waals surface area contributed by atoms with E-state index in [-0.39, 0.29) is 12.1 Å². The standard InChI is InChI=1S/C11H18N2O4/c14-10(15)8-3-4-13(6-8)11(16)12-9-2-1-5-17-7-9/h8-9H,1-7H2,(H,12,16)(H,14,15). The topological polar surface area (TPSA) is 78.9 Å². The van der Waals surface area contributed by atoms with Crippen molar-refractivity contribution in [2.24, 2.45) is 5.92 Å². The molecule has 2 fully saturated rings. The first-order chi connectivity index (χ1) is 8.16. The molecule has 0 saturated carbocycles. The van der Waals surface area contributed by atoms with Gasteiger partial charge in [0.05, 0.1) is 18.6 Å². The summed E-state index contributed by atoms with van der Waals surface area (Å²) in [6.45, 7) is 2.16. The Morgan fingerprint density at radius 2 is 2.18 bits per heavy atom. The van der Waals surface area contributed by atoms with E-state index in [1.165, 1.54) is 0 Å². The van der Waals surface area contributed by atoms with Crippen molar-refractivity contribution < 1.29 is 19.4 Å². The molecule has 2 unspecified atom stereocenters. The Balaban J connectivity index is 1.78. The largest absolute Gasteiger partial charge is 0.481 e. The van der Waals surface area contributed by atoms with Crippen LogP contribution >= 0.6 is 0 Å². The first-order valence-corrected chi connectivity index (χ1v) is 6.03. The van der Waals surface area contributed by atoms with Crippen LogP contribution in [-0.2, 0) is 9.53 Å². The van der Waals surface area contributed by atoms with Crippen LogP contribution in [0.5, 0.6) is 0 Å². The van der Waals surface area contributed by atoms with Gasteiger partial charge >= 0.3 is 12.0 Å². The SMILES string of the molecule is O=C(O)C1CCN(C(=O)NC2CCCOC2)C1. The summed E-state index contributed by atoms with van der Waals surface area (Å²) in [6.07, 6.45) is 2.44. The van der Waals surface area contributed by atoms with Crippen LogP contribution in [0.1, 0.15) is 19.3 Å². The molecule has 6 heteroatoms. The van der Waals surface area contributed by atoms with E-state index in [1.807, 2.05) is 0 Å². The van der Waals surface area contributed by atoms with Gasteiger partial charge in [0.1, 0.15) is 0 Å². The Morgan fingerprint density at radius 3 is 2.76 bits per heavy atom. The molecule has 2 aliphatic heterocycles. The number of nitrogens with zero attached hydrogens (tertiary/aromatic N) is 1. The summed E-state index contributed by atoms with van der Waals surface area (Å²) in [4.78, 5) is 24.2. The van der Waals surface area contributed by atoms with Gasteiger partial charge in [-0.15, -0.1) is 0 Å². The number of hydrogen-bond acceptors (Lipinski definition) is 3. The minimum Gasteiger partial charge on any atom is -0.481 e. The van der Waals surface area contributed by atoms with Gasteiger partial charge in [-0.2, -0.15) is 0 Å². The summed E-state index contributed by atoms with van der Waals surface area (Å²) >= 11 is 0. The molecule has 2 aliphatic rings. The van der Waals surface area contributed by atoms with Crippen molar-refractivity contribution in [1.82, 2.24) is 10.2 Å². The van der Waals surface area contributed by atoms with E-state index in [9.17, 15) is 9.59 Å². The van der Waals surface area contributed by atoms with E-state index < -0.39 is 11.9 Å². The fourth-order valence-corrected chi connectivity index (χ4v) is 2.27. The maximum absolute atomic E-state index is 11.8. The Morgan fingerprint density at radius 1 is 1.35 bits per heavy atom. The van der Waals surface area contributed by atoms with Crippen molar-refractivity contribution >= 4 is 12.0 Å². The van der Waals surface area contributed by atoms with E-state index in [0.717, 1.165) is 19.4 Å².